The normalized spacial score (nSPS) is 13.0. The molecule has 45 heavy (non-hydrogen) atoms. The maximum atomic E-state index is 13.3. The van der Waals surface area contributed by atoms with Gasteiger partial charge in [-0.25, -0.2) is 18.0 Å². The van der Waals surface area contributed by atoms with Crippen LogP contribution in [0, 0.1) is 0 Å². The van der Waals surface area contributed by atoms with E-state index in [1.54, 1.807) is 64.1 Å². The summed E-state index contributed by atoms with van der Waals surface area (Å²) >= 11 is 6.09. The molecule has 0 fully saturated rings. The highest BCUT2D eigenvalue weighted by Crippen LogP contribution is 2.25. The van der Waals surface area contributed by atoms with Crippen molar-refractivity contribution in [3.63, 3.8) is 0 Å². The number of hydrogen-bond acceptors (Lipinski definition) is 8. The summed E-state index contributed by atoms with van der Waals surface area (Å²) in [6, 6.07) is 17.9. The molecule has 242 valence electrons. The molecule has 3 aromatic rings. The molecule has 0 saturated carbocycles. The highest BCUT2D eigenvalue weighted by Gasteiger charge is 2.29. The van der Waals surface area contributed by atoms with Crippen molar-refractivity contribution in [3.8, 4) is 0 Å². The molecule has 0 radical (unpaired) electrons. The van der Waals surface area contributed by atoms with E-state index in [1.807, 2.05) is 6.92 Å². The average molecular weight is 659 g/mol. The zero-order chi connectivity index (χ0) is 33.4. The van der Waals surface area contributed by atoms with Gasteiger partial charge in [-0.3, -0.25) is 4.79 Å². The van der Waals surface area contributed by atoms with Crippen LogP contribution in [0.1, 0.15) is 75.0 Å². The molecule has 0 bridgehead atoms. The molecule has 3 rings (SSSR count). The Morgan fingerprint density at radius 3 is 2.13 bits per heavy atom. The number of aliphatic hydroxyl groups excluding tert-OH is 1. The minimum Gasteiger partial charge on any atom is -0.444 e. The molecule has 2 atom stereocenters. The number of rotatable bonds is 11. The number of hydrogen-bond donors (Lipinski definition) is 2. The molecule has 12 heteroatoms. The third kappa shape index (κ3) is 10.3. The van der Waals surface area contributed by atoms with Gasteiger partial charge in [0.25, 0.3) is 5.91 Å². The van der Waals surface area contributed by atoms with Gasteiger partial charge < -0.3 is 19.6 Å². The fraction of sp³-hybridized carbons (Fsp3) is 0.364. The number of hydroxylamine groups is 1. The summed E-state index contributed by atoms with van der Waals surface area (Å²) in [5.74, 6) is -1.25. The Morgan fingerprint density at radius 1 is 0.978 bits per heavy atom. The molecule has 0 aliphatic carbocycles. The topological polar surface area (TPSA) is 139 Å². The fourth-order valence-corrected chi connectivity index (χ4v) is 5.82. The standard InChI is InChI=1S/C33H39ClN2O8S/c1-6-8-30(38)44-35-31(39)24-13-17-28(18-14-24)45(41,42)27-15-11-23(12-16-27)19-22(2)36(32(40)43-33(3,4)5)21-29(37)25-9-7-10-26(34)20-25/h7,9-18,20,22,29,37H,6,8,19,21H2,1-5H3,(H,35,39)/t22-,29+/m1/s1. The lowest BCUT2D eigenvalue weighted by Gasteiger charge is -2.33. The van der Waals surface area contributed by atoms with Gasteiger partial charge in [-0.05, 0) is 100 Å². The summed E-state index contributed by atoms with van der Waals surface area (Å²) in [5.41, 5.74) is 2.74. The average Bonchev–Trinajstić information content (AvgIpc) is 2.98. The molecule has 0 heterocycles. The fourth-order valence-electron chi connectivity index (χ4n) is 4.36. The third-order valence-corrected chi connectivity index (χ3v) is 8.69. The Labute approximate surface area is 269 Å². The van der Waals surface area contributed by atoms with Gasteiger partial charge in [-0.15, -0.1) is 0 Å². The second-order valence-electron chi connectivity index (χ2n) is 11.6. The third-order valence-electron chi connectivity index (χ3n) is 6.67. The first-order valence-corrected chi connectivity index (χ1v) is 16.3. The molecule has 0 aliphatic heterocycles. The van der Waals surface area contributed by atoms with Gasteiger partial charge in [-0.1, -0.05) is 42.8 Å². The summed E-state index contributed by atoms with van der Waals surface area (Å²) in [7, 11) is -3.91. The molecule has 2 amide bonds. The Bertz CT molecular complexity index is 1590. The van der Waals surface area contributed by atoms with Crippen molar-refractivity contribution in [2.45, 2.75) is 81.4 Å². The minimum absolute atomic E-state index is 0.0192. The Kier molecular flexibility index (Phi) is 12.1. The van der Waals surface area contributed by atoms with Gasteiger partial charge in [0.2, 0.25) is 9.84 Å². The lowest BCUT2D eigenvalue weighted by Crippen LogP contribution is -2.45. The molecule has 0 aliphatic rings. The van der Waals surface area contributed by atoms with Crippen LogP contribution in [0.2, 0.25) is 5.02 Å². The molecule has 3 aromatic carbocycles. The maximum Gasteiger partial charge on any atom is 0.410 e. The molecular weight excluding hydrogens is 620 g/mol. The number of nitrogens with one attached hydrogen (secondary N) is 1. The van der Waals surface area contributed by atoms with E-state index in [1.165, 1.54) is 41.3 Å². The molecule has 0 spiro atoms. The van der Waals surface area contributed by atoms with Gasteiger partial charge in [0.1, 0.15) is 5.60 Å². The maximum absolute atomic E-state index is 13.3. The summed E-state index contributed by atoms with van der Waals surface area (Å²) in [5, 5.41) is 11.4. The molecule has 10 nitrogen and oxygen atoms in total. The SMILES string of the molecule is CCCC(=O)ONC(=O)c1ccc(S(=O)(=O)c2ccc(C[C@@H](C)N(C[C@H](O)c3cccc(Cl)c3)C(=O)OC(C)(C)C)cc2)cc1. The van der Waals surface area contributed by atoms with Crippen LogP contribution in [0.3, 0.4) is 0 Å². The van der Waals surface area contributed by atoms with Crippen molar-refractivity contribution >= 4 is 39.4 Å². The smallest absolute Gasteiger partial charge is 0.410 e. The van der Waals surface area contributed by atoms with Crippen molar-refractivity contribution < 1.29 is 37.5 Å². The van der Waals surface area contributed by atoms with Crippen LogP contribution in [-0.2, 0) is 30.6 Å². The molecule has 0 saturated heterocycles. The van der Waals surface area contributed by atoms with E-state index in [2.05, 4.69) is 5.48 Å². The van der Waals surface area contributed by atoms with Crippen LogP contribution in [0.25, 0.3) is 0 Å². The second-order valence-corrected chi connectivity index (χ2v) is 14.0. The van der Waals surface area contributed by atoms with E-state index in [0.717, 1.165) is 5.56 Å². The monoisotopic (exact) mass is 658 g/mol. The highest BCUT2D eigenvalue weighted by molar-refractivity contribution is 7.91. The van der Waals surface area contributed by atoms with E-state index < -0.39 is 45.6 Å². The first-order valence-electron chi connectivity index (χ1n) is 14.5. The first-order chi connectivity index (χ1) is 21.1. The number of benzene rings is 3. The highest BCUT2D eigenvalue weighted by atomic mass is 35.5. The number of amides is 2. The molecule has 0 aromatic heterocycles. The van der Waals surface area contributed by atoms with Crippen molar-refractivity contribution in [1.29, 1.82) is 0 Å². The largest absolute Gasteiger partial charge is 0.444 e. The molecule has 0 unspecified atom stereocenters. The number of carbonyl (C=O) groups is 3. The second kappa shape index (κ2) is 15.4. The number of sulfone groups is 1. The zero-order valence-electron chi connectivity index (χ0n) is 25.9. The number of nitrogens with zero attached hydrogens (tertiary/aromatic N) is 1. The van der Waals surface area contributed by atoms with Crippen LogP contribution in [0.15, 0.2) is 82.6 Å². The predicted octanol–water partition coefficient (Wildman–Crippen LogP) is 6.06. The van der Waals surface area contributed by atoms with Crippen LogP contribution in [0.4, 0.5) is 4.79 Å². The van der Waals surface area contributed by atoms with Crippen molar-refractivity contribution in [2.24, 2.45) is 0 Å². The van der Waals surface area contributed by atoms with Gasteiger partial charge in [0, 0.05) is 23.0 Å². The Hall–Kier alpha value is -3.93. The quantitative estimate of drug-likeness (QED) is 0.237. The van der Waals surface area contributed by atoms with E-state index in [0.29, 0.717) is 23.4 Å². The van der Waals surface area contributed by atoms with E-state index in [4.69, 9.17) is 21.2 Å². The van der Waals surface area contributed by atoms with Gasteiger partial charge in [0.05, 0.1) is 22.4 Å². The summed E-state index contributed by atoms with van der Waals surface area (Å²) in [6.07, 6.45) is -0.522. The lowest BCUT2D eigenvalue weighted by molar-refractivity contribution is -0.149. The Balaban J connectivity index is 1.73. The summed E-state index contributed by atoms with van der Waals surface area (Å²) in [6.45, 7) is 8.85. The van der Waals surface area contributed by atoms with Crippen LogP contribution >= 0.6 is 11.6 Å². The van der Waals surface area contributed by atoms with Gasteiger partial charge >= 0.3 is 12.1 Å². The van der Waals surface area contributed by atoms with Crippen molar-refractivity contribution in [2.75, 3.05) is 6.54 Å². The van der Waals surface area contributed by atoms with Crippen LogP contribution in [0.5, 0.6) is 0 Å². The lowest BCUT2D eigenvalue weighted by atomic mass is 10.0. The summed E-state index contributed by atoms with van der Waals surface area (Å²) < 4.78 is 32.2. The van der Waals surface area contributed by atoms with Gasteiger partial charge in [0.15, 0.2) is 0 Å². The number of halogens is 1. The van der Waals surface area contributed by atoms with E-state index in [-0.39, 0.29) is 28.3 Å². The number of ether oxygens (including phenoxy) is 1. The van der Waals surface area contributed by atoms with Crippen LogP contribution in [-0.4, -0.2) is 54.6 Å². The summed E-state index contributed by atoms with van der Waals surface area (Å²) in [4.78, 5) is 43.0. The van der Waals surface area contributed by atoms with E-state index >= 15 is 0 Å². The Morgan fingerprint density at radius 2 is 1.58 bits per heavy atom. The molecular formula is C33H39ClN2O8S. The number of carbonyl (C=O) groups excluding carboxylic acids is 3. The minimum atomic E-state index is -3.91. The molecule has 2 N–H and O–H groups in total. The van der Waals surface area contributed by atoms with Crippen molar-refractivity contribution in [3.05, 3.63) is 94.5 Å². The van der Waals surface area contributed by atoms with Crippen molar-refractivity contribution in [1.82, 2.24) is 10.4 Å². The van der Waals surface area contributed by atoms with Crippen LogP contribution < -0.4 is 5.48 Å². The first kappa shape index (κ1) is 35.5. The zero-order valence-corrected chi connectivity index (χ0v) is 27.5. The van der Waals surface area contributed by atoms with Gasteiger partial charge in [-0.2, -0.15) is 5.48 Å². The number of aliphatic hydroxyl groups is 1. The van der Waals surface area contributed by atoms with E-state index in [9.17, 15) is 27.9 Å². The predicted molar refractivity (Wildman–Crippen MR) is 169 cm³/mol.